The lowest BCUT2D eigenvalue weighted by Gasteiger charge is -2.18. The second-order valence-electron chi connectivity index (χ2n) is 7.21. The van der Waals surface area contributed by atoms with Crippen LogP contribution < -0.4 is 0 Å². The van der Waals surface area contributed by atoms with Crippen LogP contribution in [-0.2, 0) is 6.18 Å². The van der Waals surface area contributed by atoms with Gasteiger partial charge in [0.2, 0.25) is 0 Å². The van der Waals surface area contributed by atoms with Crippen LogP contribution >= 0.6 is 0 Å². The number of nitrogens with zero attached hydrogens (tertiary/aromatic N) is 4. The van der Waals surface area contributed by atoms with Crippen molar-refractivity contribution in [3.8, 4) is 11.3 Å². The van der Waals surface area contributed by atoms with Crippen LogP contribution in [0, 0.1) is 5.82 Å². The third kappa shape index (κ3) is 4.00. The van der Waals surface area contributed by atoms with E-state index in [2.05, 4.69) is 10.1 Å². The van der Waals surface area contributed by atoms with E-state index < -0.39 is 29.7 Å². The Kier molecular flexibility index (Phi) is 5.19. The normalized spacial score (nSPS) is 17.9. The summed E-state index contributed by atoms with van der Waals surface area (Å²) in [5.41, 5.74) is -1.08. The average molecular weight is 422 g/mol. The number of carbonyl (C=O) groups is 1. The van der Waals surface area contributed by atoms with Gasteiger partial charge in [-0.3, -0.25) is 4.79 Å². The summed E-state index contributed by atoms with van der Waals surface area (Å²) in [6.45, 7) is 0.693. The monoisotopic (exact) mass is 422 g/mol. The van der Waals surface area contributed by atoms with Crippen molar-refractivity contribution < 1.29 is 27.5 Å². The predicted molar refractivity (Wildman–Crippen MR) is 99.1 cm³/mol. The van der Waals surface area contributed by atoms with Crippen LogP contribution in [0.1, 0.15) is 35.4 Å². The van der Waals surface area contributed by atoms with E-state index in [-0.39, 0.29) is 17.0 Å². The van der Waals surface area contributed by atoms with E-state index in [9.17, 15) is 27.5 Å². The molecule has 0 saturated carbocycles. The van der Waals surface area contributed by atoms with Gasteiger partial charge >= 0.3 is 6.18 Å². The number of halogens is 4. The van der Waals surface area contributed by atoms with Gasteiger partial charge in [-0.25, -0.2) is 13.9 Å². The molecule has 158 valence electrons. The molecule has 1 fully saturated rings. The van der Waals surface area contributed by atoms with E-state index in [0.717, 1.165) is 18.2 Å². The Hall–Kier alpha value is -3.01. The average Bonchev–Trinajstić information content (AvgIpc) is 3.01. The Bertz CT molecular complexity index is 1080. The number of aromatic nitrogens is 3. The maximum absolute atomic E-state index is 13.7. The van der Waals surface area contributed by atoms with Crippen LogP contribution in [-0.4, -0.2) is 49.7 Å². The van der Waals surface area contributed by atoms with Gasteiger partial charge in [0, 0.05) is 24.7 Å². The fourth-order valence-corrected chi connectivity index (χ4v) is 3.49. The molecule has 30 heavy (non-hydrogen) atoms. The van der Waals surface area contributed by atoms with Crippen molar-refractivity contribution in [2.75, 3.05) is 13.1 Å². The smallest absolute Gasteiger partial charge is 0.393 e. The first kappa shape index (κ1) is 20.3. The minimum absolute atomic E-state index is 0.00776. The van der Waals surface area contributed by atoms with Crippen LogP contribution in [0.25, 0.3) is 16.9 Å². The highest BCUT2D eigenvalue weighted by atomic mass is 19.4. The third-order valence-corrected chi connectivity index (χ3v) is 5.06. The molecule has 4 rings (SSSR count). The Morgan fingerprint density at radius 2 is 1.83 bits per heavy atom. The molecule has 0 radical (unpaired) electrons. The quantitative estimate of drug-likeness (QED) is 0.642. The molecule has 2 aromatic heterocycles. The number of fused-ring (bicyclic) bond motifs is 1. The van der Waals surface area contributed by atoms with Crippen molar-refractivity contribution in [3.63, 3.8) is 0 Å². The third-order valence-electron chi connectivity index (χ3n) is 5.06. The standard InChI is InChI=1S/C20H18F4N4O2/c21-13-5-3-12(4-6-13)15-10-17(20(22,23)24)28-18(25-15)11-16(26-28)19(30)27-8-1-2-14(29)7-9-27/h3-6,10-11,14,29H,1-2,7-9H2. The lowest BCUT2D eigenvalue weighted by Crippen LogP contribution is -2.32. The highest BCUT2D eigenvalue weighted by Gasteiger charge is 2.36. The topological polar surface area (TPSA) is 70.7 Å². The van der Waals surface area contributed by atoms with Crippen LogP contribution in [0.5, 0.6) is 0 Å². The van der Waals surface area contributed by atoms with Gasteiger partial charge in [-0.2, -0.15) is 18.3 Å². The molecule has 1 aromatic carbocycles. The summed E-state index contributed by atoms with van der Waals surface area (Å²) in [4.78, 5) is 18.5. The Balaban J connectivity index is 1.77. The Morgan fingerprint density at radius 1 is 1.10 bits per heavy atom. The molecule has 1 amide bonds. The summed E-state index contributed by atoms with van der Waals surface area (Å²) in [6, 6.07) is 6.97. The van der Waals surface area contributed by atoms with E-state index in [1.165, 1.54) is 23.1 Å². The summed E-state index contributed by atoms with van der Waals surface area (Å²) < 4.78 is 54.8. The molecule has 1 saturated heterocycles. The number of hydrogen-bond donors (Lipinski definition) is 1. The van der Waals surface area contributed by atoms with E-state index in [1.807, 2.05) is 0 Å². The van der Waals surface area contributed by atoms with Crippen molar-refractivity contribution >= 4 is 11.6 Å². The molecule has 3 aromatic rings. The summed E-state index contributed by atoms with van der Waals surface area (Å²) in [5, 5.41) is 13.6. The highest BCUT2D eigenvalue weighted by molar-refractivity contribution is 5.93. The van der Waals surface area contributed by atoms with Crippen LogP contribution in [0.3, 0.4) is 0 Å². The number of aliphatic hydroxyl groups is 1. The first-order valence-corrected chi connectivity index (χ1v) is 9.43. The van der Waals surface area contributed by atoms with Gasteiger partial charge in [0.25, 0.3) is 5.91 Å². The highest BCUT2D eigenvalue weighted by Crippen LogP contribution is 2.32. The molecule has 1 aliphatic heterocycles. The van der Waals surface area contributed by atoms with Crippen molar-refractivity contribution in [2.45, 2.75) is 31.5 Å². The number of alkyl halides is 3. The van der Waals surface area contributed by atoms with Gasteiger partial charge in [-0.05, 0) is 49.6 Å². The summed E-state index contributed by atoms with van der Waals surface area (Å²) in [7, 11) is 0. The molecule has 0 aliphatic carbocycles. The van der Waals surface area contributed by atoms with Gasteiger partial charge in [0.15, 0.2) is 17.0 Å². The predicted octanol–water partition coefficient (Wildman–Crippen LogP) is 3.54. The second kappa shape index (κ2) is 7.67. The number of likely N-dealkylation sites (tertiary alicyclic amines) is 1. The maximum Gasteiger partial charge on any atom is 0.433 e. The van der Waals surface area contributed by atoms with E-state index >= 15 is 0 Å². The Labute approximate surface area is 168 Å². The number of aliphatic hydroxyl groups excluding tert-OH is 1. The van der Waals surface area contributed by atoms with Crippen LogP contribution in [0.4, 0.5) is 17.6 Å². The Morgan fingerprint density at radius 3 is 2.53 bits per heavy atom. The minimum atomic E-state index is -4.74. The molecule has 10 heteroatoms. The lowest BCUT2D eigenvalue weighted by atomic mass is 10.1. The fourth-order valence-electron chi connectivity index (χ4n) is 3.49. The van der Waals surface area contributed by atoms with Crippen molar-refractivity contribution in [2.24, 2.45) is 0 Å². The van der Waals surface area contributed by atoms with Crippen LogP contribution in [0.2, 0.25) is 0 Å². The molecule has 1 aliphatic rings. The summed E-state index contributed by atoms with van der Waals surface area (Å²) in [5.74, 6) is -1.03. The zero-order valence-electron chi connectivity index (χ0n) is 15.7. The number of rotatable bonds is 2. The van der Waals surface area contributed by atoms with Crippen molar-refractivity contribution in [1.29, 1.82) is 0 Å². The molecular weight excluding hydrogens is 404 g/mol. The number of amides is 1. The minimum Gasteiger partial charge on any atom is -0.393 e. The molecule has 1 N–H and O–H groups in total. The van der Waals surface area contributed by atoms with Gasteiger partial charge in [-0.15, -0.1) is 0 Å². The number of carbonyl (C=O) groups excluding carboxylic acids is 1. The fraction of sp³-hybridized carbons (Fsp3) is 0.350. The SMILES string of the molecule is O=C(c1cc2nc(-c3ccc(F)cc3)cc(C(F)(F)F)n2n1)N1CCCC(O)CC1. The number of benzene rings is 1. The van der Waals surface area contributed by atoms with Gasteiger partial charge in [0.1, 0.15) is 5.82 Å². The molecule has 1 atom stereocenters. The summed E-state index contributed by atoms with van der Waals surface area (Å²) >= 11 is 0. The lowest BCUT2D eigenvalue weighted by molar-refractivity contribution is -0.142. The zero-order chi connectivity index (χ0) is 21.5. The first-order valence-electron chi connectivity index (χ1n) is 9.43. The van der Waals surface area contributed by atoms with Crippen LogP contribution in [0.15, 0.2) is 36.4 Å². The van der Waals surface area contributed by atoms with E-state index in [1.54, 1.807) is 0 Å². The molecule has 3 heterocycles. The van der Waals surface area contributed by atoms with Crippen molar-refractivity contribution in [3.05, 3.63) is 53.6 Å². The largest absolute Gasteiger partial charge is 0.433 e. The van der Waals surface area contributed by atoms with E-state index in [4.69, 9.17) is 0 Å². The van der Waals surface area contributed by atoms with E-state index in [0.29, 0.717) is 42.4 Å². The van der Waals surface area contributed by atoms with Crippen molar-refractivity contribution in [1.82, 2.24) is 19.5 Å². The molecule has 1 unspecified atom stereocenters. The molecule has 0 spiro atoms. The van der Waals surface area contributed by atoms with Gasteiger partial charge < -0.3 is 10.0 Å². The zero-order valence-corrected chi connectivity index (χ0v) is 15.7. The van der Waals surface area contributed by atoms with Gasteiger partial charge in [0.05, 0.1) is 11.8 Å². The molecular formula is C20H18F4N4O2. The summed E-state index contributed by atoms with van der Waals surface area (Å²) in [6.07, 6.45) is -3.67. The first-order chi connectivity index (χ1) is 14.2. The molecule has 0 bridgehead atoms. The van der Waals surface area contributed by atoms with Gasteiger partial charge in [-0.1, -0.05) is 0 Å². The maximum atomic E-state index is 13.7. The second-order valence-corrected chi connectivity index (χ2v) is 7.21. The number of hydrogen-bond acceptors (Lipinski definition) is 4. The molecule has 6 nitrogen and oxygen atoms in total.